The molecule has 0 bridgehead atoms. The van der Waals surface area contributed by atoms with Crippen molar-refractivity contribution in [2.24, 2.45) is 5.16 Å². The van der Waals surface area contributed by atoms with Gasteiger partial charge in [0, 0.05) is 13.1 Å². The molecule has 0 saturated heterocycles. The van der Waals surface area contributed by atoms with Crippen molar-refractivity contribution in [2.75, 3.05) is 6.54 Å². The van der Waals surface area contributed by atoms with Gasteiger partial charge in [0.2, 0.25) is 0 Å². The lowest BCUT2D eigenvalue weighted by atomic mass is 9.94. The second kappa shape index (κ2) is 8.84. The van der Waals surface area contributed by atoms with Gasteiger partial charge in [0.25, 0.3) is 0 Å². The molecule has 3 heteroatoms. The second-order valence-corrected chi connectivity index (χ2v) is 6.73. The van der Waals surface area contributed by atoms with Crippen LogP contribution in [0.1, 0.15) is 49.7 Å². The number of oxime groups is 1. The summed E-state index contributed by atoms with van der Waals surface area (Å²) in [5.74, 6) is 0. The van der Waals surface area contributed by atoms with Crippen molar-refractivity contribution in [1.29, 1.82) is 0 Å². The Kier molecular flexibility index (Phi) is 6.25. The number of rotatable bonds is 1. The predicted molar refractivity (Wildman–Crippen MR) is 99.5 cm³/mol. The number of fused-ring (bicyclic) bond motifs is 1. The smallest absolute Gasteiger partial charge is 0.0745 e. The Balaban J connectivity index is 1.76. The van der Waals surface area contributed by atoms with Crippen LogP contribution < -0.4 is 0 Å². The maximum atomic E-state index is 9.61. The fourth-order valence-electron chi connectivity index (χ4n) is 3.78. The summed E-state index contributed by atoms with van der Waals surface area (Å²) in [4.78, 5) is 2.50. The summed E-state index contributed by atoms with van der Waals surface area (Å²) in [5.41, 5.74) is 3.82. The number of allylic oxidation sites excluding steroid dienone is 4. The van der Waals surface area contributed by atoms with Crippen LogP contribution in [0, 0.1) is 0 Å². The average Bonchev–Trinajstić information content (AvgIpc) is 2.62. The highest BCUT2D eigenvalue weighted by atomic mass is 16.4. The van der Waals surface area contributed by atoms with Crippen LogP contribution in [0.15, 0.2) is 53.7 Å². The minimum Gasteiger partial charge on any atom is -0.411 e. The Bertz CT molecular complexity index is 618. The molecule has 1 aliphatic heterocycles. The van der Waals surface area contributed by atoms with E-state index in [1.807, 2.05) is 0 Å². The van der Waals surface area contributed by atoms with Crippen LogP contribution in [0.4, 0.5) is 0 Å². The lowest BCUT2D eigenvalue weighted by Crippen LogP contribution is -2.44. The van der Waals surface area contributed by atoms with Gasteiger partial charge in [-0.25, -0.2) is 0 Å². The lowest BCUT2D eigenvalue weighted by molar-refractivity contribution is 0.206. The van der Waals surface area contributed by atoms with Crippen LogP contribution in [0.25, 0.3) is 0 Å². The monoisotopic (exact) mass is 324 g/mol. The third kappa shape index (κ3) is 4.35. The Hall–Kier alpha value is -1.87. The molecule has 0 saturated carbocycles. The van der Waals surface area contributed by atoms with E-state index in [0.29, 0.717) is 0 Å². The Morgan fingerprint density at radius 2 is 1.58 bits per heavy atom. The molecule has 3 nitrogen and oxygen atoms in total. The fourth-order valence-corrected chi connectivity index (χ4v) is 3.78. The van der Waals surface area contributed by atoms with Gasteiger partial charge >= 0.3 is 0 Å². The zero-order valence-electron chi connectivity index (χ0n) is 14.4. The van der Waals surface area contributed by atoms with Crippen molar-refractivity contribution >= 4 is 5.71 Å². The van der Waals surface area contributed by atoms with Crippen molar-refractivity contribution in [3.8, 4) is 0 Å². The number of hydrogen-bond donors (Lipinski definition) is 1. The van der Waals surface area contributed by atoms with Crippen molar-refractivity contribution in [1.82, 2.24) is 4.90 Å². The first-order valence-electron chi connectivity index (χ1n) is 9.20. The molecule has 2 aliphatic rings. The molecule has 1 heterocycles. The summed E-state index contributed by atoms with van der Waals surface area (Å²) in [6.45, 7) is 2.00. The standard InChI is InChI=1S/C21H28N2O/c24-22-20-13-7-5-3-1-2-4-6-8-14-21(20)23-16-15-18-11-9-10-12-19(18)17-23/h3-6,9-12,21,24H,1-2,7-8,13-17H2/b5-3+,6-4+,22-20+/t21-/m1/s1. The van der Waals surface area contributed by atoms with Gasteiger partial charge in [-0.15, -0.1) is 0 Å². The highest BCUT2D eigenvalue weighted by molar-refractivity contribution is 5.89. The first kappa shape index (κ1) is 17.0. The minimum atomic E-state index is 0.237. The summed E-state index contributed by atoms with van der Waals surface area (Å²) in [6, 6.07) is 8.96. The molecule has 0 fully saturated rings. The van der Waals surface area contributed by atoms with Gasteiger partial charge in [-0.2, -0.15) is 0 Å². The summed E-state index contributed by atoms with van der Waals surface area (Å²) < 4.78 is 0. The first-order chi connectivity index (χ1) is 11.9. The topological polar surface area (TPSA) is 35.8 Å². The van der Waals surface area contributed by atoms with E-state index in [4.69, 9.17) is 0 Å². The summed E-state index contributed by atoms with van der Waals surface area (Å²) >= 11 is 0. The quantitative estimate of drug-likeness (QED) is 0.461. The van der Waals surface area contributed by atoms with Crippen LogP contribution in [-0.2, 0) is 13.0 Å². The maximum absolute atomic E-state index is 9.61. The van der Waals surface area contributed by atoms with Crippen molar-refractivity contribution < 1.29 is 5.21 Å². The van der Waals surface area contributed by atoms with Crippen LogP contribution in [0.2, 0.25) is 0 Å². The maximum Gasteiger partial charge on any atom is 0.0745 e. The molecule has 1 aromatic carbocycles. The molecule has 0 spiro atoms. The molecule has 24 heavy (non-hydrogen) atoms. The minimum absolute atomic E-state index is 0.237. The molecule has 3 rings (SSSR count). The zero-order valence-corrected chi connectivity index (χ0v) is 14.4. The van der Waals surface area contributed by atoms with Gasteiger partial charge in [0.15, 0.2) is 0 Å². The van der Waals surface area contributed by atoms with Crippen LogP contribution in [0.5, 0.6) is 0 Å². The van der Waals surface area contributed by atoms with Gasteiger partial charge in [-0.3, -0.25) is 4.90 Å². The molecule has 0 unspecified atom stereocenters. The fraction of sp³-hybridized carbons (Fsp3) is 0.476. The van der Waals surface area contributed by atoms with E-state index < -0.39 is 0 Å². The molecule has 128 valence electrons. The van der Waals surface area contributed by atoms with Gasteiger partial charge in [0.1, 0.15) is 0 Å². The second-order valence-electron chi connectivity index (χ2n) is 6.73. The third-order valence-corrected chi connectivity index (χ3v) is 5.12. The molecule has 1 aromatic rings. The average molecular weight is 324 g/mol. The highest BCUT2D eigenvalue weighted by Gasteiger charge is 2.26. The molecule has 0 radical (unpaired) electrons. The highest BCUT2D eigenvalue weighted by Crippen LogP contribution is 2.24. The van der Waals surface area contributed by atoms with Crippen LogP contribution >= 0.6 is 0 Å². The molecule has 1 N–H and O–H groups in total. The molecular formula is C21H28N2O. The van der Waals surface area contributed by atoms with Gasteiger partial charge in [0.05, 0.1) is 11.8 Å². The van der Waals surface area contributed by atoms with Crippen molar-refractivity contribution in [3.63, 3.8) is 0 Å². The molecule has 1 aliphatic carbocycles. The number of benzene rings is 1. The van der Waals surface area contributed by atoms with Gasteiger partial charge in [-0.05, 0) is 56.1 Å². The molecular weight excluding hydrogens is 296 g/mol. The normalized spacial score (nSPS) is 27.7. The van der Waals surface area contributed by atoms with E-state index in [-0.39, 0.29) is 6.04 Å². The summed E-state index contributed by atoms with van der Waals surface area (Å²) in [6.07, 6.45) is 16.2. The Labute approximate surface area is 145 Å². The van der Waals surface area contributed by atoms with Gasteiger partial charge in [-0.1, -0.05) is 53.7 Å². The van der Waals surface area contributed by atoms with E-state index in [9.17, 15) is 5.21 Å². The summed E-state index contributed by atoms with van der Waals surface area (Å²) in [5, 5.41) is 13.3. The van der Waals surface area contributed by atoms with Crippen LogP contribution in [0.3, 0.4) is 0 Å². The third-order valence-electron chi connectivity index (χ3n) is 5.12. The van der Waals surface area contributed by atoms with Crippen molar-refractivity contribution in [3.05, 3.63) is 59.7 Å². The SMILES string of the molecule is O/N=C1\CC/C=C/CC/C=C/CC[C@H]1N1CCc2ccccc2C1. The van der Waals surface area contributed by atoms with E-state index in [2.05, 4.69) is 58.6 Å². The Morgan fingerprint density at radius 1 is 0.875 bits per heavy atom. The van der Waals surface area contributed by atoms with Crippen LogP contribution in [-0.4, -0.2) is 28.4 Å². The lowest BCUT2D eigenvalue weighted by Gasteiger charge is -2.36. The van der Waals surface area contributed by atoms with E-state index in [0.717, 1.165) is 63.7 Å². The largest absolute Gasteiger partial charge is 0.411 e. The predicted octanol–water partition coefficient (Wildman–Crippen LogP) is 4.71. The molecule has 0 amide bonds. The van der Waals surface area contributed by atoms with E-state index in [1.165, 1.54) is 11.1 Å². The van der Waals surface area contributed by atoms with E-state index in [1.54, 1.807) is 0 Å². The summed E-state index contributed by atoms with van der Waals surface area (Å²) in [7, 11) is 0. The van der Waals surface area contributed by atoms with Gasteiger partial charge < -0.3 is 5.21 Å². The number of hydrogen-bond acceptors (Lipinski definition) is 3. The zero-order chi connectivity index (χ0) is 16.6. The number of nitrogens with zero attached hydrogens (tertiary/aromatic N) is 2. The molecule has 0 aromatic heterocycles. The van der Waals surface area contributed by atoms with Crippen molar-refractivity contribution in [2.45, 2.75) is 57.5 Å². The molecule has 1 atom stereocenters. The Morgan fingerprint density at radius 3 is 2.38 bits per heavy atom. The van der Waals surface area contributed by atoms with E-state index >= 15 is 0 Å². The first-order valence-corrected chi connectivity index (χ1v) is 9.20.